The molecule has 3 aliphatic rings. The number of nitrogens with one attached hydrogen (secondary N) is 2. The fourth-order valence-corrected chi connectivity index (χ4v) is 6.10. The summed E-state index contributed by atoms with van der Waals surface area (Å²) >= 11 is 0. The molecule has 1 aliphatic heterocycles. The summed E-state index contributed by atoms with van der Waals surface area (Å²) in [5, 5.41) is 6.13. The Balaban J connectivity index is 1.42. The highest BCUT2D eigenvalue weighted by Crippen LogP contribution is 2.43. The quantitative estimate of drug-likeness (QED) is 0.619. The highest BCUT2D eigenvalue weighted by molar-refractivity contribution is 6.09. The van der Waals surface area contributed by atoms with E-state index in [1.807, 2.05) is 18.2 Å². The first-order valence-electron chi connectivity index (χ1n) is 12.7. The second-order valence-electron chi connectivity index (χ2n) is 11.4. The number of nitrogens with zero attached hydrogens (tertiary/aromatic N) is 1. The Bertz CT molecular complexity index is 862. The van der Waals surface area contributed by atoms with Gasteiger partial charge in [0.05, 0.1) is 6.04 Å². The first-order valence-corrected chi connectivity index (χ1v) is 12.7. The van der Waals surface area contributed by atoms with Crippen molar-refractivity contribution in [3.05, 3.63) is 35.9 Å². The van der Waals surface area contributed by atoms with E-state index >= 15 is 0 Å². The number of rotatable bonds is 5. The average Bonchev–Trinajstić information content (AvgIpc) is 3.02. The normalized spacial score (nSPS) is 27.5. The molecule has 6 nitrogen and oxygen atoms in total. The molecular formula is C27H39N3O3. The van der Waals surface area contributed by atoms with E-state index in [0.29, 0.717) is 24.7 Å². The number of carbonyl (C=O) groups is 3. The van der Waals surface area contributed by atoms with Crippen molar-refractivity contribution in [3.63, 3.8) is 0 Å². The van der Waals surface area contributed by atoms with Crippen molar-refractivity contribution in [2.45, 2.75) is 90.1 Å². The van der Waals surface area contributed by atoms with Gasteiger partial charge in [-0.15, -0.1) is 0 Å². The summed E-state index contributed by atoms with van der Waals surface area (Å²) in [4.78, 5) is 40.3. The standard InChI is InChI=1S/C27H39N3O3/c1-26(2,3)21-14-16-27(17-15-21)24(32)30(25(33)29-27)18-22(31)28-23(19-10-6-4-7-11-19)20-12-8-5-9-13-20/h4,6-7,10-11,20-21,23H,5,8-9,12-18H2,1-3H3,(H,28,31)(H,29,33). The fraction of sp³-hybridized carbons (Fsp3) is 0.667. The van der Waals surface area contributed by atoms with Gasteiger partial charge in [-0.05, 0) is 61.3 Å². The predicted octanol–water partition coefficient (Wildman–Crippen LogP) is 4.95. The number of imide groups is 1. The minimum Gasteiger partial charge on any atom is -0.347 e. The fourth-order valence-electron chi connectivity index (χ4n) is 6.10. The number of hydrogen-bond donors (Lipinski definition) is 2. The minimum atomic E-state index is -0.832. The SMILES string of the molecule is CC(C)(C)C1CCC2(CC1)NC(=O)N(CC(=O)NC(c1ccccc1)C1CCCCC1)C2=O. The van der Waals surface area contributed by atoms with Crippen LogP contribution in [-0.4, -0.2) is 34.8 Å². The van der Waals surface area contributed by atoms with Gasteiger partial charge in [-0.2, -0.15) is 0 Å². The van der Waals surface area contributed by atoms with Gasteiger partial charge in [0.2, 0.25) is 5.91 Å². The van der Waals surface area contributed by atoms with Gasteiger partial charge in [0.15, 0.2) is 0 Å². The smallest absolute Gasteiger partial charge is 0.325 e. The molecule has 2 aliphatic carbocycles. The molecule has 1 unspecified atom stereocenters. The van der Waals surface area contributed by atoms with Gasteiger partial charge in [0, 0.05) is 0 Å². The van der Waals surface area contributed by atoms with E-state index in [1.54, 1.807) is 0 Å². The Hall–Kier alpha value is -2.37. The molecule has 180 valence electrons. The zero-order valence-corrected chi connectivity index (χ0v) is 20.4. The monoisotopic (exact) mass is 453 g/mol. The third-order valence-electron chi connectivity index (χ3n) is 8.21. The largest absolute Gasteiger partial charge is 0.347 e. The zero-order chi connectivity index (χ0) is 23.6. The van der Waals surface area contributed by atoms with E-state index in [9.17, 15) is 14.4 Å². The van der Waals surface area contributed by atoms with E-state index in [0.717, 1.165) is 36.1 Å². The molecule has 1 aromatic carbocycles. The third-order valence-corrected chi connectivity index (χ3v) is 8.21. The van der Waals surface area contributed by atoms with Gasteiger partial charge in [0.25, 0.3) is 5.91 Å². The first-order chi connectivity index (χ1) is 15.7. The number of hydrogen-bond acceptors (Lipinski definition) is 3. The van der Waals surface area contributed by atoms with Crippen molar-refractivity contribution in [1.82, 2.24) is 15.5 Å². The van der Waals surface area contributed by atoms with Gasteiger partial charge in [-0.3, -0.25) is 14.5 Å². The minimum absolute atomic E-state index is 0.0871. The van der Waals surface area contributed by atoms with Crippen LogP contribution in [0.1, 0.15) is 90.2 Å². The van der Waals surface area contributed by atoms with Crippen LogP contribution in [-0.2, 0) is 9.59 Å². The molecular weight excluding hydrogens is 414 g/mol. The van der Waals surface area contributed by atoms with E-state index in [1.165, 1.54) is 19.3 Å². The van der Waals surface area contributed by atoms with E-state index in [-0.39, 0.29) is 29.8 Å². The summed E-state index contributed by atoms with van der Waals surface area (Å²) < 4.78 is 0. The summed E-state index contributed by atoms with van der Waals surface area (Å²) in [6.45, 7) is 6.48. The van der Waals surface area contributed by atoms with Gasteiger partial charge >= 0.3 is 6.03 Å². The molecule has 1 aromatic rings. The molecule has 4 rings (SSSR count). The molecule has 0 radical (unpaired) electrons. The second kappa shape index (κ2) is 9.47. The van der Waals surface area contributed by atoms with Crippen LogP contribution in [0.4, 0.5) is 4.79 Å². The predicted molar refractivity (Wildman–Crippen MR) is 128 cm³/mol. The third kappa shape index (κ3) is 5.10. The highest BCUT2D eigenvalue weighted by Gasteiger charge is 2.53. The topological polar surface area (TPSA) is 78.5 Å². The van der Waals surface area contributed by atoms with Crippen molar-refractivity contribution in [1.29, 1.82) is 0 Å². The number of amides is 4. The molecule has 1 heterocycles. The molecule has 3 fully saturated rings. The molecule has 1 atom stereocenters. The van der Waals surface area contributed by atoms with Gasteiger partial charge < -0.3 is 10.6 Å². The Labute approximate surface area is 197 Å². The molecule has 6 heteroatoms. The maximum Gasteiger partial charge on any atom is 0.325 e. The van der Waals surface area contributed by atoms with Crippen molar-refractivity contribution in [3.8, 4) is 0 Å². The molecule has 0 aromatic heterocycles. The lowest BCUT2D eigenvalue weighted by Gasteiger charge is -2.40. The maximum atomic E-state index is 13.3. The van der Waals surface area contributed by atoms with Crippen LogP contribution in [0.15, 0.2) is 30.3 Å². The first kappa shape index (κ1) is 23.8. The van der Waals surface area contributed by atoms with Crippen LogP contribution < -0.4 is 10.6 Å². The Kier molecular flexibility index (Phi) is 6.83. The Morgan fingerprint density at radius 2 is 1.70 bits per heavy atom. The van der Waals surface area contributed by atoms with Crippen LogP contribution in [0.2, 0.25) is 0 Å². The maximum absolute atomic E-state index is 13.3. The Morgan fingerprint density at radius 1 is 1.06 bits per heavy atom. The van der Waals surface area contributed by atoms with Crippen LogP contribution in [0.5, 0.6) is 0 Å². The lowest BCUT2D eigenvalue weighted by atomic mass is 9.67. The number of benzene rings is 1. The van der Waals surface area contributed by atoms with Crippen molar-refractivity contribution in [2.75, 3.05) is 6.54 Å². The average molecular weight is 454 g/mol. The van der Waals surface area contributed by atoms with Crippen molar-refractivity contribution < 1.29 is 14.4 Å². The van der Waals surface area contributed by atoms with Crippen LogP contribution in [0.3, 0.4) is 0 Å². The molecule has 2 saturated carbocycles. The summed E-state index contributed by atoms with van der Waals surface area (Å²) in [6.07, 6.45) is 8.87. The molecule has 0 bridgehead atoms. The molecule has 4 amide bonds. The molecule has 2 N–H and O–H groups in total. The van der Waals surface area contributed by atoms with Gasteiger partial charge in [-0.25, -0.2) is 4.79 Å². The molecule has 1 spiro atoms. The van der Waals surface area contributed by atoms with E-state index in [2.05, 4.69) is 43.5 Å². The highest BCUT2D eigenvalue weighted by atomic mass is 16.2. The summed E-state index contributed by atoms with van der Waals surface area (Å²) in [7, 11) is 0. The van der Waals surface area contributed by atoms with Crippen molar-refractivity contribution >= 4 is 17.8 Å². The van der Waals surface area contributed by atoms with Crippen LogP contribution in [0, 0.1) is 17.3 Å². The molecule has 1 saturated heterocycles. The second-order valence-corrected chi connectivity index (χ2v) is 11.4. The Morgan fingerprint density at radius 3 is 2.30 bits per heavy atom. The van der Waals surface area contributed by atoms with E-state index < -0.39 is 11.6 Å². The summed E-state index contributed by atoms with van der Waals surface area (Å²) in [5.74, 6) is 0.418. The summed E-state index contributed by atoms with van der Waals surface area (Å²) in [6, 6.07) is 9.55. The number of urea groups is 1. The van der Waals surface area contributed by atoms with Crippen molar-refractivity contribution in [2.24, 2.45) is 17.3 Å². The summed E-state index contributed by atoms with van der Waals surface area (Å²) in [5.41, 5.74) is 0.451. The molecule has 33 heavy (non-hydrogen) atoms. The number of carbonyl (C=O) groups excluding carboxylic acids is 3. The van der Waals surface area contributed by atoms with Crippen LogP contribution >= 0.6 is 0 Å². The van der Waals surface area contributed by atoms with Crippen LogP contribution in [0.25, 0.3) is 0 Å². The zero-order valence-electron chi connectivity index (χ0n) is 20.4. The van der Waals surface area contributed by atoms with Gasteiger partial charge in [0.1, 0.15) is 12.1 Å². The van der Waals surface area contributed by atoms with Gasteiger partial charge in [-0.1, -0.05) is 70.4 Å². The lowest BCUT2D eigenvalue weighted by Crippen LogP contribution is -2.51. The lowest BCUT2D eigenvalue weighted by molar-refractivity contribution is -0.136. The van der Waals surface area contributed by atoms with E-state index in [4.69, 9.17) is 0 Å².